The molecule has 164 valence electrons. The van der Waals surface area contributed by atoms with Gasteiger partial charge in [-0.1, -0.05) is 72.3 Å². The highest BCUT2D eigenvalue weighted by atomic mass is 35.5. The number of aromatic hydroxyl groups is 1. The Bertz CT molecular complexity index is 1680. The zero-order valence-corrected chi connectivity index (χ0v) is 19.1. The van der Waals surface area contributed by atoms with E-state index in [1.54, 1.807) is 0 Å². The number of hydrogen-bond acceptors (Lipinski definition) is 2. The maximum absolute atomic E-state index is 10.9. The van der Waals surface area contributed by atoms with E-state index in [9.17, 15) is 5.11 Å². The van der Waals surface area contributed by atoms with Gasteiger partial charge in [0.15, 0.2) is 0 Å². The van der Waals surface area contributed by atoms with Crippen molar-refractivity contribution in [2.45, 2.75) is 18.3 Å². The fraction of sp³-hybridized carbons (Fsp3) is 0.0968. The standard InChI is InChI=1S/C31H21ClO2/c32-21-11-12-23-27(17-21)34-28-18-25-29-22(26(33)14-13-24(29)30(23)28)15-16-31(25,19-7-3-1-4-8-19)20-9-5-2-6-10-20/h1-14,17-18,33H,15-16H2. The van der Waals surface area contributed by atoms with Crippen molar-refractivity contribution in [3.8, 4) is 5.75 Å². The third-order valence-electron chi connectivity index (χ3n) is 7.52. The Morgan fingerprint density at radius 2 is 1.38 bits per heavy atom. The Kier molecular flexibility index (Phi) is 4.13. The second-order valence-corrected chi connectivity index (χ2v) is 9.60. The maximum Gasteiger partial charge on any atom is 0.136 e. The molecule has 1 N–H and O–H groups in total. The second-order valence-electron chi connectivity index (χ2n) is 9.16. The highest BCUT2D eigenvalue weighted by Crippen LogP contribution is 2.53. The number of aryl methyl sites for hydroxylation is 1. The summed E-state index contributed by atoms with van der Waals surface area (Å²) in [6.07, 6.45) is 1.64. The molecule has 6 aromatic rings. The predicted octanol–water partition coefficient (Wildman–Crippen LogP) is 8.38. The first-order valence-electron chi connectivity index (χ1n) is 11.6. The quantitative estimate of drug-likeness (QED) is 0.281. The molecule has 0 spiro atoms. The summed E-state index contributed by atoms with van der Waals surface area (Å²) < 4.78 is 6.40. The van der Waals surface area contributed by atoms with Crippen LogP contribution >= 0.6 is 11.6 Å². The van der Waals surface area contributed by atoms with E-state index < -0.39 is 0 Å². The minimum atomic E-state index is -0.355. The molecule has 1 aromatic heterocycles. The first-order chi connectivity index (χ1) is 16.7. The molecule has 1 aliphatic rings. The van der Waals surface area contributed by atoms with Gasteiger partial charge in [-0.2, -0.15) is 0 Å². The van der Waals surface area contributed by atoms with Crippen molar-refractivity contribution in [1.82, 2.24) is 0 Å². The highest BCUT2D eigenvalue weighted by Gasteiger charge is 2.41. The number of hydrogen-bond donors (Lipinski definition) is 1. The molecule has 0 radical (unpaired) electrons. The van der Waals surface area contributed by atoms with Crippen molar-refractivity contribution in [3.05, 3.63) is 124 Å². The van der Waals surface area contributed by atoms with Crippen LogP contribution < -0.4 is 0 Å². The van der Waals surface area contributed by atoms with Crippen molar-refractivity contribution < 1.29 is 9.52 Å². The third-order valence-corrected chi connectivity index (χ3v) is 7.76. The van der Waals surface area contributed by atoms with Gasteiger partial charge in [0.1, 0.15) is 16.9 Å². The molecule has 0 saturated carbocycles. The van der Waals surface area contributed by atoms with Crippen molar-refractivity contribution in [2.75, 3.05) is 0 Å². The summed E-state index contributed by atoms with van der Waals surface area (Å²) in [7, 11) is 0. The first kappa shape index (κ1) is 19.7. The smallest absolute Gasteiger partial charge is 0.136 e. The van der Waals surface area contributed by atoms with Crippen molar-refractivity contribution in [3.63, 3.8) is 0 Å². The van der Waals surface area contributed by atoms with Crippen molar-refractivity contribution in [1.29, 1.82) is 0 Å². The fourth-order valence-electron chi connectivity index (χ4n) is 6.07. The molecule has 3 heteroatoms. The summed E-state index contributed by atoms with van der Waals surface area (Å²) in [6, 6.07) is 33.3. The Labute approximate surface area is 202 Å². The Morgan fingerprint density at radius 3 is 2.09 bits per heavy atom. The number of phenolic OH excluding ortho intramolecular Hbond substituents is 1. The molecule has 0 bridgehead atoms. The molecule has 1 aliphatic carbocycles. The fourth-order valence-corrected chi connectivity index (χ4v) is 6.24. The third kappa shape index (κ3) is 2.58. The summed E-state index contributed by atoms with van der Waals surface area (Å²) in [5.74, 6) is 0.360. The van der Waals surface area contributed by atoms with Gasteiger partial charge in [0.2, 0.25) is 0 Å². The molecular weight excluding hydrogens is 440 g/mol. The van der Waals surface area contributed by atoms with E-state index in [1.165, 1.54) is 16.7 Å². The number of fused-ring (bicyclic) bond motifs is 4. The van der Waals surface area contributed by atoms with E-state index in [0.29, 0.717) is 10.8 Å². The molecule has 34 heavy (non-hydrogen) atoms. The van der Waals surface area contributed by atoms with Crippen LogP contribution in [0.25, 0.3) is 32.7 Å². The van der Waals surface area contributed by atoms with Crippen LogP contribution in [0.3, 0.4) is 0 Å². The SMILES string of the molecule is Oc1ccc2c3c(cc4oc5cc(Cl)ccc5c42)C(c2ccccc2)(c2ccccc2)CCc13. The molecule has 1 heterocycles. The van der Waals surface area contributed by atoms with Crippen LogP contribution in [0.5, 0.6) is 5.75 Å². The van der Waals surface area contributed by atoms with Crippen LogP contribution in [0.4, 0.5) is 0 Å². The van der Waals surface area contributed by atoms with Crippen LogP contribution in [-0.4, -0.2) is 5.11 Å². The van der Waals surface area contributed by atoms with Crippen LogP contribution in [0, 0.1) is 0 Å². The highest BCUT2D eigenvalue weighted by molar-refractivity contribution is 6.32. The summed E-state index contributed by atoms with van der Waals surface area (Å²) in [5, 5.41) is 15.9. The van der Waals surface area contributed by atoms with Crippen LogP contribution in [0.15, 0.2) is 101 Å². The van der Waals surface area contributed by atoms with E-state index in [1.807, 2.05) is 30.3 Å². The zero-order chi connectivity index (χ0) is 22.9. The number of benzene rings is 5. The minimum Gasteiger partial charge on any atom is -0.508 e. The van der Waals surface area contributed by atoms with Gasteiger partial charge in [0.25, 0.3) is 0 Å². The maximum atomic E-state index is 10.9. The van der Waals surface area contributed by atoms with Gasteiger partial charge in [-0.05, 0) is 70.6 Å². The topological polar surface area (TPSA) is 33.4 Å². The molecule has 2 nitrogen and oxygen atoms in total. The van der Waals surface area contributed by atoms with E-state index >= 15 is 0 Å². The van der Waals surface area contributed by atoms with E-state index in [2.05, 4.69) is 66.7 Å². The number of phenols is 1. The van der Waals surface area contributed by atoms with E-state index in [4.69, 9.17) is 16.0 Å². The van der Waals surface area contributed by atoms with Crippen LogP contribution in [0.2, 0.25) is 5.02 Å². The Balaban J connectivity index is 1.70. The average Bonchev–Trinajstić information content (AvgIpc) is 3.24. The molecular formula is C31H21ClO2. The molecule has 0 saturated heterocycles. The lowest BCUT2D eigenvalue weighted by molar-refractivity contribution is 0.460. The molecule has 7 rings (SSSR count). The van der Waals surface area contributed by atoms with Gasteiger partial charge in [-0.25, -0.2) is 0 Å². The van der Waals surface area contributed by atoms with E-state index in [-0.39, 0.29) is 5.41 Å². The first-order valence-corrected chi connectivity index (χ1v) is 12.0. The molecule has 0 unspecified atom stereocenters. The number of furan rings is 1. The predicted molar refractivity (Wildman–Crippen MR) is 139 cm³/mol. The number of halogens is 1. The lowest BCUT2D eigenvalue weighted by Gasteiger charge is -2.40. The summed E-state index contributed by atoms with van der Waals surface area (Å²) in [4.78, 5) is 0. The lowest BCUT2D eigenvalue weighted by Crippen LogP contribution is -2.33. The van der Waals surface area contributed by atoms with E-state index in [0.717, 1.165) is 51.1 Å². The molecule has 0 fully saturated rings. The molecule has 5 aromatic carbocycles. The summed E-state index contributed by atoms with van der Waals surface area (Å²) in [5.41, 5.74) is 5.95. The zero-order valence-electron chi connectivity index (χ0n) is 18.4. The summed E-state index contributed by atoms with van der Waals surface area (Å²) in [6.45, 7) is 0. The van der Waals surface area contributed by atoms with Crippen LogP contribution in [-0.2, 0) is 11.8 Å². The van der Waals surface area contributed by atoms with Gasteiger partial charge in [0.05, 0.1) is 0 Å². The lowest BCUT2D eigenvalue weighted by atomic mass is 9.62. The minimum absolute atomic E-state index is 0.355. The Hall–Kier alpha value is -3.75. The van der Waals surface area contributed by atoms with Gasteiger partial charge in [-0.3, -0.25) is 0 Å². The van der Waals surface area contributed by atoms with Gasteiger partial charge < -0.3 is 9.52 Å². The normalized spacial score (nSPS) is 14.7. The molecule has 0 atom stereocenters. The second kappa shape index (κ2) is 7.12. The molecule has 0 amide bonds. The average molecular weight is 461 g/mol. The van der Waals surface area contributed by atoms with Gasteiger partial charge in [0, 0.05) is 32.8 Å². The van der Waals surface area contributed by atoms with Gasteiger partial charge >= 0.3 is 0 Å². The molecule has 0 aliphatic heterocycles. The van der Waals surface area contributed by atoms with Crippen molar-refractivity contribution in [2.24, 2.45) is 0 Å². The van der Waals surface area contributed by atoms with Crippen LogP contribution in [0.1, 0.15) is 28.7 Å². The largest absolute Gasteiger partial charge is 0.508 e. The van der Waals surface area contributed by atoms with Gasteiger partial charge in [-0.15, -0.1) is 0 Å². The Morgan fingerprint density at radius 1 is 0.706 bits per heavy atom. The summed E-state index contributed by atoms with van der Waals surface area (Å²) >= 11 is 6.29. The monoisotopic (exact) mass is 460 g/mol. The number of rotatable bonds is 2. The van der Waals surface area contributed by atoms with Crippen molar-refractivity contribution >= 4 is 44.3 Å².